The van der Waals surface area contributed by atoms with Crippen molar-refractivity contribution in [3.05, 3.63) is 78.4 Å². The van der Waals surface area contributed by atoms with E-state index in [-0.39, 0.29) is 33.5 Å². The summed E-state index contributed by atoms with van der Waals surface area (Å²) >= 11 is 1.27. The highest BCUT2D eigenvalue weighted by molar-refractivity contribution is 7.86. The van der Waals surface area contributed by atoms with Crippen molar-refractivity contribution < 1.29 is 36.2 Å². The SMILES string of the molecule is Cc1c(S(=O)(=O)O)ccc2nc(-c3ccc(N=Nc4ccc(N=Nc5ccc(O)cc5O)c(S(=O)(=O)O)c4)cc3)sc12. The Morgan fingerprint density at radius 2 is 1.31 bits per heavy atom. The predicted molar refractivity (Wildman–Crippen MR) is 154 cm³/mol. The number of rotatable bonds is 7. The van der Waals surface area contributed by atoms with E-state index in [4.69, 9.17) is 0 Å². The molecule has 42 heavy (non-hydrogen) atoms. The highest BCUT2D eigenvalue weighted by atomic mass is 32.2. The van der Waals surface area contributed by atoms with Crippen molar-refractivity contribution in [1.82, 2.24) is 4.98 Å². The summed E-state index contributed by atoms with van der Waals surface area (Å²) in [5.74, 6) is -0.578. The third-order valence-corrected chi connectivity index (χ3v) is 9.00. The van der Waals surface area contributed by atoms with Crippen molar-refractivity contribution in [2.75, 3.05) is 0 Å². The van der Waals surface area contributed by atoms with Crippen LogP contribution in [0, 0.1) is 6.92 Å². The molecule has 1 heterocycles. The third-order valence-electron chi connectivity index (χ3n) is 5.88. The maximum absolute atomic E-state index is 12.0. The number of hydrogen-bond acceptors (Lipinski definition) is 12. The summed E-state index contributed by atoms with van der Waals surface area (Å²) in [6.45, 7) is 1.60. The van der Waals surface area contributed by atoms with Crippen LogP contribution in [0.3, 0.4) is 0 Å². The normalized spacial score (nSPS) is 12.5. The molecule has 214 valence electrons. The molecule has 0 radical (unpaired) electrons. The number of benzene rings is 4. The van der Waals surface area contributed by atoms with Crippen LogP contribution in [0.2, 0.25) is 0 Å². The Labute approximate surface area is 242 Å². The lowest BCUT2D eigenvalue weighted by Gasteiger charge is -2.03. The first-order chi connectivity index (χ1) is 19.8. The van der Waals surface area contributed by atoms with Crippen LogP contribution in [0.1, 0.15) is 5.56 Å². The van der Waals surface area contributed by atoms with Crippen molar-refractivity contribution in [2.45, 2.75) is 16.7 Å². The number of nitrogens with zero attached hydrogens (tertiary/aromatic N) is 5. The van der Waals surface area contributed by atoms with Gasteiger partial charge in [-0.3, -0.25) is 9.11 Å². The van der Waals surface area contributed by atoms with Crippen molar-refractivity contribution in [1.29, 1.82) is 0 Å². The van der Waals surface area contributed by atoms with Gasteiger partial charge in [0.1, 0.15) is 32.8 Å². The molecular weight excluding hydrogens is 607 g/mol. The first-order valence-electron chi connectivity index (χ1n) is 11.7. The van der Waals surface area contributed by atoms with Crippen LogP contribution in [-0.2, 0) is 20.2 Å². The fourth-order valence-corrected chi connectivity index (χ4v) is 6.36. The number of phenols is 2. The molecule has 0 aliphatic carbocycles. The molecule has 0 spiro atoms. The summed E-state index contributed by atoms with van der Waals surface area (Å²) in [7, 11) is -9.10. The van der Waals surface area contributed by atoms with Crippen LogP contribution >= 0.6 is 11.3 Å². The first kappa shape index (κ1) is 28.9. The Morgan fingerprint density at radius 1 is 0.690 bits per heavy atom. The smallest absolute Gasteiger partial charge is 0.296 e. The van der Waals surface area contributed by atoms with E-state index in [9.17, 15) is 36.2 Å². The van der Waals surface area contributed by atoms with Gasteiger partial charge in [-0.05, 0) is 79.2 Å². The monoisotopic (exact) mass is 625 g/mol. The Balaban J connectivity index is 1.39. The zero-order valence-corrected chi connectivity index (χ0v) is 23.8. The molecule has 4 N–H and O–H groups in total. The average molecular weight is 626 g/mol. The largest absolute Gasteiger partial charge is 0.508 e. The number of thiazole rings is 1. The molecule has 5 aromatic rings. The van der Waals surface area contributed by atoms with Gasteiger partial charge in [-0.15, -0.1) is 21.6 Å². The van der Waals surface area contributed by atoms with E-state index in [0.717, 1.165) is 17.7 Å². The van der Waals surface area contributed by atoms with Gasteiger partial charge in [0.05, 0.1) is 26.5 Å². The molecule has 13 nitrogen and oxygen atoms in total. The second-order valence-corrected chi connectivity index (χ2v) is 12.6. The maximum Gasteiger partial charge on any atom is 0.296 e. The lowest BCUT2D eigenvalue weighted by Crippen LogP contribution is -2.00. The van der Waals surface area contributed by atoms with E-state index >= 15 is 0 Å². The second kappa shape index (κ2) is 11.0. The number of aromatic nitrogens is 1. The Hall–Kier alpha value is -4.61. The topological polar surface area (TPSA) is 212 Å². The number of aromatic hydroxyl groups is 2. The Bertz CT molecular complexity index is 2130. The average Bonchev–Trinajstić information content (AvgIpc) is 3.36. The molecule has 0 aliphatic heterocycles. The molecule has 5 rings (SSSR count). The zero-order chi connectivity index (χ0) is 30.2. The minimum Gasteiger partial charge on any atom is -0.508 e. The molecule has 0 saturated carbocycles. The van der Waals surface area contributed by atoms with Crippen molar-refractivity contribution in [3.8, 4) is 22.1 Å². The van der Waals surface area contributed by atoms with Gasteiger partial charge in [-0.2, -0.15) is 27.1 Å². The summed E-state index contributed by atoms with van der Waals surface area (Å²) < 4.78 is 67.0. The van der Waals surface area contributed by atoms with Crippen molar-refractivity contribution >= 4 is 64.5 Å². The molecule has 1 aromatic heterocycles. The molecule has 0 atom stereocenters. The van der Waals surface area contributed by atoms with Gasteiger partial charge in [-0.1, -0.05) is 0 Å². The highest BCUT2D eigenvalue weighted by Crippen LogP contribution is 2.36. The second-order valence-electron chi connectivity index (χ2n) is 8.78. The maximum atomic E-state index is 12.0. The zero-order valence-electron chi connectivity index (χ0n) is 21.3. The molecule has 0 unspecified atom stereocenters. The molecule has 0 saturated heterocycles. The van der Waals surface area contributed by atoms with Crippen LogP contribution in [-0.4, -0.2) is 41.1 Å². The van der Waals surface area contributed by atoms with Crippen LogP contribution in [0.5, 0.6) is 11.5 Å². The standard InChI is InChI=1S/C26H19N5O8S3/c1-14-23(41(34,35)36)11-10-21-25(14)40-26(27-21)15-2-4-16(5-3-15)28-29-17-6-8-20(24(12-17)42(37,38)39)31-30-19-9-7-18(32)13-22(19)33/h2-13,32-33H,1H3,(H,34,35,36)(H,37,38,39). The van der Waals surface area contributed by atoms with Crippen LogP contribution in [0.4, 0.5) is 22.7 Å². The molecule has 0 aliphatic rings. The summed E-state index contributed by atoms with van der Waals surface area (Å²) in [5, 5.41) is 35.5. The number of azo groups is 2. The predicted octanol–water partition coefficient (Wildman–Crippen LogP) is 7.01. The van der Waals surface area contributed by atoms with Crippen molar-refractivity contribution in [3.63, 3.8) is 0 Å². The minimum atomic E-state index is -4.73. The van der Waals surface area contributed by atoms with Gasteiger partial charge in [0.2, 0.25) is 0 Å². The fourth-order valence-electron chi connectivity index (χ4n) is 3.85. The number of hydrogen-bond donors (Lipinski definition) is 4. The molecule has 16 heteroatoms. The molecular formula is C26H19N5O8S3. The third kappa shape index (κ3) is 6.17. The number of aryl methyl sites for hydroxylation is 1. The number of phenolic OH excluding ortho intramolecular Hbond substituents is 2. The van der Waals surface area contributed by atoms with Gasteiger partial charge in [0, 0.05) is 11.6 Å². The van der Waals surface area contributed by atoms with E-state index in [0.29, 0.717) is 26.5 Å². The summed E-state index contributed by atoms with van der Waals surface area (Å²) in [6.07, 6.45) is 0. The van der Waals surface area contributed by atoms with E-state index < -0.39 is 25.1 Å². The van der Waals surface area contributed by atoms with Crippen molar-refractivity contribution in [2.24, 2.45) is 20.5 Å². The fraction of sp³-hybridized carbons (Fsp3) is 0.0385. The lowest BCUT2D eigenvalue weighted by atomic mass is 10.2. The first-order valence-corrected chi connectivity index (χ1v) is 15.4. The van der Waals surface area contributed by atoms with Gasteiger partial charge in [0.15, 0.2) is 0 Å². The van der Waals surface area contributed by atoms with Gasteiger partial charge in [0.25, 0.3) is 20.2 Å². The lowest BCUT2D eigenvalue weighted by molar-refractivity contribution is 0.451. The molecule has 0 amide bonds. The van der Waals surface area contributed by atoms with Crippen LogP contribution in [0.15, 0.2) is 103 Å². The quantitative estimate of drug-likeness (QED) is 0.108. The number of fused-ring (bicyclic) bond motifs is 1. The van der Waals surface area contributed by atoms with Gasteiger partial charge >= 0.3 is 0 Å². The molecule has 4 aromatic carbocycles. The Kier molecular flexibility index (Phi) is 7.56. The summed E-state index contributed by atoms with van der Waals surface area (Å²) in [6, 6.07) is 16.9. The van der Waals surface area contributed by atoms with E-state index in [1.54, 1.807) is 31.2 Å². The van der Waals surface area contributed by atoms with Gasteiger partial charge < -0.3 is 10.2 Å². The van der Waals surface area contributed by atoms with E-state index in [1.807, 2.05) is 0 Å². The van der Waals surface area contributed by atoms with E-state index in [1.165, 1.54) is 47.7 Å². The van der Waals surface area contributed by atoms with E-state index in [2.05, 4.69) is 25.4 Å². The summed E-state index contributed by atoms with van der Waals surface area (Å²) in [5.41, 5.74) is 1.97. The molecule has 0 bridgehead atoms. The van der Waals surface area contributed by atoms with Gasteiger partial charge in [-0.25, -0.2) is 4.98 Å². The minimum absolute atomic E-state index is 0.0369. The molecule has 0 fully saturated rings. The Morgan fingerprint density at radius 3 is 1.98 bits per heavy atom. The summed E-state index contributed by atoms with van der Waals surface area (Å²) in [4.78, 5) is 3.78. The van der Waals surface area contributed by atoms with Crippen LogP contribution < -0.4 is 0 Å². The van der Waals surface area contributed by atoms with Crippen LogP contribution in [0.25, 0.3) is 20.8 Å². The highest BCUT2D eigenvalue weighted by Gasteiger charge is 2.19.